The lowest BCUT2D eigenvalue weighted by Crippen LogP contribution is -2.24. The third-order valence-corrected chi connectivity index (χ3v) is 3.99. The fraction of sp³-hybridized carbons (Fsp3) is 0.111. The first-order valence-corrected chi connectivity index (χ1v) is 8.31. The van der Waals surface area contributed by atoms with Crippen molar-refractivity contribution in [2.45, 2.75) is 0 Å². The molecule has 25 heavy (non-hydrogen) atoms. The van der Waals surface area contributed by atoms with Gasteiger partial charge in [-0.25, -0.2) is 5.43 Å². The number of hydrazone groups is 1. The highest BCUT2D eigenvalue weighted by Crippen LogP contribution is 2.25. The van der Waals surface area contributed by atoms with Crippen molar-refractivity contribution in [3.63, 3.8) is 0 Å². The molecule has 3 aromatic rings. The molecule has 2 aromatic carbocycles. The van der Waals surface area contributed by atoms with Gasteiger partial charge in [0.25, 0.3) is 5.91 Å². The van der Waals surface area contributed by atoms with Crippen LogP contribution in [0.1, 0.15) is 5.56 Å². The van der Waals surface area contributed by atoms with Crippen LogP contribution in [0.5, 0.6) is 11.5 Å². The minimum Gasteiger partial charge on any atom is -0.493 e. The Balaban J connectivity index is 1.58. The standard InChI is InChI=1S/C18H16BrN3O3/c1-24-16-4-2-3-5-17(16)25-11-18(23)22-21-10-12-9-20-15-7-6-13(19)8-14(12)15/h2-10,20H,11H2,1H3,(H,22,23). The van der Waals surface area contributed by atoms with Crippen molar-refractivity contribution in [3.8, 4) is 11.5 Å². The molecule has 3 rings (SSSR count). The lowest BCUT2D eigenvalue weighted by Gasteiger charge is -2.09. The zero-order chi connectivity index (χ0) is 17.6. The highest BCUT2D eigenvalue weighted by Gasteiger charge is 2.06. The van der Waals surface area contributed by atoms with Crippen molar-refractivity contribution >= 4 is 39.0 Å². The van der Waals surface area contributed by atoms with Gasteiger partial charge in [0.15, 0.2) is 18.1 Å². The van der Waals surface area contributed by atoms with Gasteiger partial charge in [-0.3, -0.25) is 4.79 Å². The molecule has 0 radical (unpaired) electrons. The minimum atomic E-state index is -0.358. The monoisotopic (exact) mass is 401 g/mol. The van der Waals surface area contributed by atoms with E-state index in [1.807, 2.05) is 36.5 Å². The summed E-state index contributed by atoms with van der Waals surface area (Å²) >= 11 is 3.44. The smallest absolute Gasteiger partial charge is 0.277 e. The first kappa shape index (κ1) is 17.0. The van der Waals surface area contributed by atoms with Gasteiger partial charge in [0.2, 0.25) is 0 Å². The molecule has 1 amide bonds. The Morgan fingerprint density at radius 3 is 2.88 bits per heavy atom. The number of carbonyl (C=O) groups is 1. The number of nitrogens with one attached hydrogen (secondary N) is 2. The zero-order valence-corrected chi connectivity index (χ0v) is 15.0. The van der Waals surface area contributed by atoms with Gasteiger partial charge in [-0.15, -0.1) is 0 Å². The van der Waals surface area contributed by atoms with Crippen LogP contribution >= 0.6 is 15.9 Å². The number of para-hydroxylation sites is 2. The van der Waals surface area contributed by atoms with Crippen LogP contribution in [0.4, 0.5) is 0 Å². The van der Waals surface area contributed by atoms with Crippen LogP contribution in [0.25, 0.3) is 10.9 Å². The second-order valence-corrected chi connectivity index (χ2v) is 6.08. The van der Waals surface area contributed by atoms with Crippen molar-refractivity contribution in [2.75, 3.05) is 13.7 Å². The van der Waals surface area contributed by atoms with Gasteiger partial charge in [0.1, 0.15) is 0 Å². The largest absolute Gasteiger partial charge is 0.493 e. The Morgan fingerprint density at radius 2 is 2.08 bits per heavy atom. The van der Waals surface area contributed by atoms with Crippen LogP contribution in [0.2, 0.25) is 0 Å². The molecule has 0 atom stereocenters. The fourth-order valence-corrected chi connectivity index (χ4v) is 2.67. The summed E-state index contributed by atoms with van der Waals surface area (Å²) in [7, 11) is 1.55. The van der Waals surface area contributed by atoms with Gasteiger partial charge in [-0.1, -0.05) is 28.1 Å². The maximum Gasteiger partial charge on any atom is 0.277 e. The number of amides is 1. The summed E-state index contributed by atoms with van der Waals surface area (Å²) in [6.07, 6.45) is 3.42. The number of hydrogen-bond acceptors (Lipinski definition) is 4. The number of aromatic amines is 1. The van der Waals surface area contributed by atoms with Crippen molar-refractivity contribution in [1.29, 1.82) is 0 Å². The number of nitrogens with zero attached hydrogens (tertiary/aromatic N) is 1. The van der Waals surface area contributed by atoms with Gasteiger partial charge in [0.05, 0.1) is 13.3 Å². The Bertz CT molecular complexity index is 921. The average Bonchev–Trinajstić information content (AvgIpc) is 3.02. The molecule has 0 saturated heterocycles. The van der Waals surface area contributed by atoms with Gasteiger partial charge in [-0.2, -0.15) is 5.10 Å². The second kappa shape index (κ2) is 7.85. The van der Waals surface area contributed by atoms with E-state index in [2.05, 4.69) is 31.4 Å². The van der Waals surface area contributed by atoms with Crippen LogP contribution in [0, 0.1) is 0 Å². The Hall–Kier alpha value is -2.80. The predicted molar refractivity (Wildman–Crippen MR) is 100 cm³/mol. The van der Waals surface area contributed by atoms with E-state index in [1.165, 1.54) is 0 Å². The molecule has 7 heteroatoms. The molecule has 1 aromatic heterocycles. The first-order chi connectivity index (χ1) is 12.2. The molecule has 128 valence electrons. The summed E-state index contributed by atoms with van der Waals surface area (Å²) in [5.41, 5.74) is 4.32. The molecule has 1 heterocycles. The maximum atomic E-state index is 11.9. The molecule has 0 spiro atoms. The number of H-pyrrole nitrogens is 1. The summed E-state index contributed by atoms with van der Waals surface area (Å²) in [4.78, 5) is 15.0. The number of fused-ring (bicyclic) bond motifs is 1. The topological polar surface area (TPSA) is 75.7 Å². The summed E-state index contributed by atoms with van der Waals surface area (Å²) in [5.74, 6) is 0.719. The van der Waals surface area contributed by atoms with E-state index < -0.39 is 0 Å². The number of methoxy groups -OCH3 is 1. The normalized spacial score (nSPS) is 11.0. The van der Waals surface area contributed by atoms with E-state index in [4.69, 9.17) is 9.47 Å². The van der Waals surface area contributed by atoms with E-state index in [1.54, 1.807) is 25.5 Å². The number of aromatic nitrogens is 1. The zero-order valence-electron chi connectivity index (χ0n) is 13.5. The lowest BCUT2D eigenvalue weighted by molar-refractivity contribution is -0.123. The third kappa shape index (κ3) is 4.19. The third-order valence-electron chi connectivity index (χ3n) is 3.50. The summed E-state index contributed by atoms with van der Waals surface area (Å²) in [5, 5.41) is 4.99. The molecule has 0 unspecified atom stereocenters. The van der Waals surface area contributed by atoms with Crippen molar-refractivity contribution in [1.82, 2.24) is 10.4 Å². The van der Waals surface area contributed by atoms with Crippen LogP contribution in [0.3, 0.4) is 0 Å². The highest BCUT2D eigenvalue weighted by molar-refractivity contribution is 9.10. The van der Waals surface area contributed by atoms with E-state index in [-0.39, 0.29) is 12.5 Å². The van der Waals surface area contributed by atoms with Gasteiger partial charge in [0, 0.05) is 27.1 Å². The van der Waals surface area contributed by atoms with Gasteiger partial charge < -0.3 is 14.5 Å². The summed E-state index contributed by atoms with van der Waals surface area (Å²) < 4.78 is 11.6. The number of hydrogen-bond donors (Lipinski definition) is 2. The maximum absolute atomic E-state index is 11.9. The average molecular weight is 402 g/mol. The number of halogens is 1. The molecular formula is C18H16BrN3O3. The molecule has 0 bridgehead atoms. The summed E-state index contributed by atoms with van der Waals surface area (Å²) in [6, 6.07) is 13.0. The Labute approximate surface area is 153 Å². The van der Waals surface area contributed by atoms with Crippen LogP contribution in [0.15, 0.2) is 58.2 Å². The molecule has 0 aliphatic carbocycles. The highest BCUT2D eigenvalue weighted by atomic mass is 79.9. The first-order valence-electron chi connectivity index (χ1n) is 7.52. The minimum absolute atomic E-state index is 0.156. The Kier molecular flexibility index (Phi) is 5.35. The summed E-state index contributed by atoms with van der Waals surface area (Å²) in [6.45, 7) is -0.156. The van der Waals surface area contributed by atoms with Crippen molar-refractivity contribution < 1.29 is 14.3 Å². The van der Waals surface area contributed by atoms with E-state index in [9.17, 15) is 4.79 Å². The number of ether oxygens (including phenoxy) is 2. The van der Waals surface area contributed by atoms with Crippen molar-refractivity contribution in [3.05, 3.63) is 58.7 Å². The molecule has 0 fully saturated rings. The van der Waals surface area contributed by atoms with Crippen LogP contribution in [-0.4, -0.2) is 30.8 Å². The number of carbonyl (C=O) groups excluding carboxylic acids is 1. The van der Waals surface area contributed by atoms with Gasteiger partial charge >= 0.3 is 0 Å². The molecule has 0 saturated carbocycles. The fourth-order valence-electron chi connectivity index (χ4n) is 2.31. The van der Waals surface area contributed by atoms with Crippen LogP contribution < -0.4 is 14.9 Å². The van der Waals surface area contributed by atoms with E-state index in [0.717, 1.165) is 20.9 Å². The number of rotatable bonds is 6. The quantitative estimate of drug-likeness (QED) is 0.490. The molecule has 0 aliphatic heterocycles. The van der Waals surface area contributed by atoms with E-state index in [0.29, 0.717) is 11.5 Å². The molecule has 0 aliphatic rings. The number of benzene rings is 2. The SMILES string of the molecule is COc1ccccc1OCC(=O)NN=Cc1c[nH]c2ccc(Br)cc12. The van der Waals surface area contributed by atoms with Crippen molar-refractivity contribution in [2.24, 2.45) is 5.10 Å². The molecular weight excluding hydrogens is 386 g/mol. The molecule has 2 N–H and O–H groups in total. The van der Waals surface area contributed by atoms with Gasteiger partial charge in [-0.05, 0) is 30.3 Å². The predicted octanol–water partition coefficient (Wildman–Crippen LogP) is 3.47. The van der Waals surface area contributed by atoms with Crippen LogP contribution in [-0.2, 0) is 4.79 Å². The molecule has 6 nitrogen and oxygen atoms in total. The lowest BCUT2D eigenvalue weighted by atomic mass is 10.2. The second-order valence-electron chi connectivity index (χ2n) is 5.17. The Morgan fingerprint density at radius 1 is 1.28 bits per heavy atom. The van der Waals surface area contributed by atoms with E-state index >= 15 is 0 Å².